The summed E-state index contributed by atoms with van der Waals surface area (Å²) in [6.07, 6.45) is 2.48. The van der Waals surface area contributed by atoms with E-state index in [2.05, 4.69) is 17.0 Å². The number of amides is 1. The molecule has 2 fully saturated rings. The average Bonchev–Trinajstić information content (AvgIpc) is 3.58. The maximum absolute atomic E-state index is 13.4. The quantitative estimate of drug-likeness (QED) is 0.659. The number of fused-ring (bicyclic) bond motifs is 1. The van der Waals surface area contributed by atoms with Crippen molar-refractivity contribution < 1.29 is 9.21 Å². The highest BCUT2D eigenvalue weighted by atomic mass is 16.4. The molecule has 1 aliphatic heterocycles. The Morgan fingerprint density at radius 3 is 2.50 bits per heavy atom. The van der Waals surface area contributed by atoms with Crippen LogP contribution in [0.2, 0.25) is 0 Å². The Morgan fingerprint density at radius 1 is 0.964 bits per heavy atom. The van der Waals surface area contributed by atoms with Crippen LogP contribution >= 0.6 is 0 Å². The molecule has 3 aromatic rings. The lowest BCUT2D eigenvalue weighted by Crippen LogP contribution is -2.51. The lowest BCUT2D eigenvalue weighted by Gasteiger charge is -2.41. The number of piperazine rings is 1. The first kappa shape index (κ1) is 17.2. The average molecular weight is 374 g/mol. The van der Waals surface area contributed by atoms with Crippen molar-refractivity contribution in [2.45, 2.75) is 24.9 Å². The molecule has 5 rings (SSSR count). The van der Waals surface area contributed by atoms with E-state index in [1.54, 1.807) is 12.1 Å². The Balaban J connectivity index is 1.51. The largest absolute Gasteiger partial charge is 0.422 e. The maximum Gasteiger partial charge on any atom is 0.349 e. The predicted molar refractivity (Wildman–Crippen MR) is 107 cm³/mol. The first-order chi connectivity index (χ1) is 13.7. The number of carbonyl (C=O) groups is 1. The first-order valence-electron chi connectivity index (χ1n) is 9.83. The Hall–Kier alpha value is -2.92. The monoisotopic (exact) mass is 374 g/mol. The highest BCUT2D eigenvalue weighted by Gasteiger charge is 2.38. The Labute approximate surface area is 163 Å². The molecule has 1 saturated carbocycles. The van der Waals surface area contributed by atoms with Gasteiger partial charge in [0, 0.05) is 31.1 Å². The zero-order chi connectivity index (χ0) is 19.1. The number of para-hydroxylation sites is 1. The van der Waals surface area contributed by atoms with E-state index < -0.39 is 5.63 Å². The van der Waals surface area contributed by atoms with Gasteiger partial charge in [-0.05, 0) is 30.5 Å². The smallest absolute Gasteiger partial charge is 0.349 e. The van der Waals surface area contributed by atoms with Crippen LogP contribution in [0.4, 0.5) is 0 Å². The minimum atomic E-state index is -0.569. The van der Waals surface area contributed by atoms with E-state index in [0.717, 1.165) is 24.0 Å². The van der Waals surface area contributed by atoms with Crippen LogP contribution in [0.5, 0.6) is 0 Å². The number of carbonyl (C=O) groups excluding carboxylic acids is 1. The van der Waals surface area contributed by atoms with Gasteiger partial charge in [0.25, 0.3) is 5.91 Å². The normalized spacial score (nSPS) is 20.4. The van der Waals surface area contributed by atoms with Crippen molar-refractivity contribution in [2.24, 2.45) is 0 Å². The molecule has 0 bridgehead atoms. The van der Waals surface area contributed by atoms with E-state index in [4.69, 9.17) is 4.42 Å². The Kier molecular flexibility index (Phi) is 4.24. The van der Waals surface area contributed by atoms with Crippen LogP contribution in [-0.4, -0.2) is 41.4 Å². The summed E-state index contributed by atoms with van der Waals surface area (Å²) in [5.74, 6) is -0.246. The summed E-state index contributed by atoms with van der Waals surface area (Å²) in [6, 6.07) is 19.6. The summed E-state index contributed by atoms with van der Waals surface area (Å²) in [5.41, 5.74) is 1.15. The van der Waals surface area contributed by atoms with E-state index in [0.29, 0.717) is 18.2 Å². The molecule has 142 valence electrons. The third-order valence-corrected chi connectivity index (χ3v) is 5.79. The molecule has 5 nitrogen and oxygen atoms in total. The number of nitrogens with zero attached hydrogens (tertiary/aromatic N) is 2. The van der Waals surface area contributed by atoms with Gasteiger partial charge in [0.05, 0.1) is 6.04 Å². The van der Waals surface area contributed by atoms with Crippen molar-refractivity contribution in [3.8, 4) is 0 Å². The molecule has 1 atom stereocenters. The predicted octanol–water partition coefficient (Wildman–Crippen LogP) is 3.45. The van der Waals surface area contributed by atoms with Crippen LogP contribution in [0.1, 0.15) is 34.8 Å². The third-order valence-electron chi connectivity index (χ3n) is 5.79. The van der Waals surface area contributed by atoms with Crippen LogP contribution in [0.15, 0.2) is 69.9 Å². The second-order valence-corrected chi connectivity index (χ2v) is 7.64. The van der Waals surface area contributed by atoms with Crippen LogP contribution in [0, 0.1) is 0 Å². The van der Waals surface area contributed by atoms with Crippen molar-refractivity contribution in [2.75, 3.05) is 19.6 Å². The molecule has 0 spiro atoms. The third kappa shape index (κ3) is 3.12. The fourth-order valence-electron chi connectivity index (χ4n) is 4.14. The SMILES string of the molecule is O=C(c1cc2ccccc2oc1=O)N1CCN(C2CC2)CC1c1ccccc1. The molecular formula is C23H22N2O3. The van der Waals surface area contributed by atoms with E-state index in [9.17, 15) is 9.59 Å². The van der Waals surface area contributed by atoms with Gasteiger partial charge in [0.15, 0.2) is 0 Å². The molecule has 0 N–H and O–H groups in total. The molecule has 0 radical (unpaired) electrons. The van der Waals surface area contributed by atoms with Gasteiger partial charge in [-0.2, -0.15) is 0 Å². The summed E-state index contributed by atoms with van der Waals surface area (Å²) >= 11 is 0. The summed E-state index contributed by atoms with van der Waals surface area (Å²) in [7, 11) is 0. The Morgan fingerprint density at radius 2 is 1.71 bits per heavy atom. The number of benzene rings is 2. The van der Waals surface area contributed by atoms with Gasteiger partial charge in [-0.25, -0.2) is 4.79 Å². The van der Waals surface area contributed by atoms with Gasteiger partial charge in [-0.3, -0.25) is 9.69 Å². The van der Waals surface area contributed by atoms with E-state index in [-0.39, 0.29) is 17.5 Å². The first-order valence-corrected chi connectivity index (χ1v) is 9.83. The fourth-order valence-corrected chi connectivity index (χ4v) is 4.14. The fraction of sp³-hybridized carbons (Fsp3) is 0.304. The molecule has 1 saturated heterocycles. The summed E-state index contributed by atoms with van der Waals surface area (Å²) in [4.78, 5) is 30.2. The molecule has 28 heavy (non-hydrogen) atoms. The van der Waals surface area contributed by atoms with Crippen LogP contribution in [0.25, 0.3) is 11.0 Å². The number of rotatable bonds is 3. The minimum Gasteiger partial charge on any atom is -0.422 e. The highest BCUT2D eigenvalue weighted by Crippen LogP contribution is 2.34. The molecule has 2 aliphatic rings. The minimum absolute atomic E-state index is 0.0612. The van der Waals surface area contributed by atoms with Gasteiger partial charge >= 0.3 is 5.63 Å². The number of hydrogen-bond donors (Lipinski definition) is 0. The summed E-state index contributed by atoms with van der Waals surface area (Å²) in [5, 5.41) is 0.762. The zero-order valence-corrected chi connectivity index (χ0v) is 15.6. The topological polar surface area (TPSA) is 53.8 Å². The number of hydrogen-bond acceptors (Lipinski definition) is 4. The standard InChI is InChI=1S/C23H22N2O3/c26-22(19-14-17-8-4-5-9-21(17)28-23(19)27)25-13-12-24(18-10-11-18)15-20(25)16-6-2-1-3-7-16/h1-9,14,18,20H,10-13,15H2. The van der Waals surface area contributed by atoms with Crippen molar-refractivity contribution in [1.29, 1.82) is 0 Å². The molecule has 1 aliphatic carbocycles. The van der Waals surface area contributed by atoms with Gasteiger partial charge < -0.3 is 9.32 Å². The van der Waals surface area contributed by atoms with Crippen molar-refractivity contribution in [1.82, 2.24) is 9.80 Å². The van der Waals surface area contributed by atoms with Crippen LogP contribution in [0.3, 0.4) is 0 Å². The molecule has 1 aromatic heterocycles. The van der Waals surface area contributed by atoms with Crippen molar-refractivity contribution in [3.63, 3.8) is 0 Å². The summed E-state index contributed by atoms with van der Waals surface area (Å²) in [6.45, 7) is 2.26. The van der Waals surface area contributed by atoms with Gasteiger partial charge in [0.1, 0.15) is 11.1 Å². The van der Waals surface area contributed by atoms with Crippen LogP contribution in [-0.2, 0) is 0 Å². The maximum atomic E-state index is 13.4. The van der Waals surface area contributed by atoms with Crippen molar-refractivity contribution in [3.05, 3.63) is 82.2 Å². The molecule has 2 heterocycles. The molecule has 1 amide bonds. The lowest BCUT2D eigenvalue weighted by atomic mass is 10.0. The highest BCUT2D eigenvalue weighted by molar-refractivity contribution is 5.97. The molecular weight excluding hydrogens is 352 g/mol. The Bertz CT molecular complexity index is 1070. The van der Waals surface area contributed by atoms with Gasteiger partial charge in [-0.1, -0.05) is 48.5 Å². The van der Waals surface area contributed by atoms with Crippen molar-refractivity contribution >= 4 is 16.9 Å². The van der Waals surface area contributed by atoms with E-state index in [1.807, 2.05) is 41.3 Å². The molecule has 1 unspecified atom stereocenters. The molecule has 2 aromatic carbocycles. The van der Waals surface area contributed by atoms with Crippen LogP contribution < -0.4 is 5.63 Å². The second kappa shape index (κ2) is 6.91. The summed E-state index contributed by atoms with van der Waals surface area (Å²) < 4.78 is 5.40. The van der Waals surface area contributed by atoms with Gasteiger partial charge in [-0.15, -0.1) is 0 Å². The zero-order valence-electron chi connectivity index (χ0n) is 15.6. The van der Waals surface area contributed by atoms with E-state index >= 15 is 0 Å². The van der Waals surface area contributed by atoms with Gasteiger partial charge in [0.2, 0.25) is 0 Å². The molecule has 5 heteroatoms. The second-order valence-electron chi connectivity index (χ2n) is 7.64. The van der Waals surface area contributed by atoms with E-state index in [1.165, 1.54) is 12.8 Å². The lowest BCUT2D eigenvalue weighted by molar-refractivity contribution is 0.0429.